The predicted octanol–water partition coefficient (Wildman–Crippen LogP) is 2.35. The number of hydrogen-bond acceptors (Lipinski definition) is 2. The smallest absolute Gasteiger partial charge is 0.00385 e. The minimum atomic E-state index is 0.731. The van der Waals surface area contributed by atoms with Gasteiger partial charge in [0.2, 0.25) is 0 Å². The first kappa shape index (κ1) is 13.0. The summed E-state index contributed by atoms with van der Waals surface area (Å²) in [6.45, 7) is 14.1. The van der Waals surface area contributed by atoms with Crippen molar-refractivity contribution in [3.63, 3.8) is 0 Å². The molecule has 1 fully saturated rings. The van der Waals surface area contributed by atoms with Crippen LogP contribution in [-0.2, 0) is 0 Å². The van der Waals surface area contributed by atoms with Crippen LogP contribution in [0.2, 0.25) is 0 Å². The summed E-state index contributed by atoms with van der Waals surface area (Å²) in [7, 11) is 0. The topological polar surface area (TPSA) is 15.3 Å². The van der Waals surface area contributed by atoms with E-state index in [0.717, 1.165) is 17.9 Å². The fraction of sp³-hybridized carbons (Fsp3) is 1.00. The highest BCUT2D eigenvalue weighted by Gasteiger charge is 2.20. The lowest BCUT2D eigenvalue weighted by molar-refractivity contribution is 0.148. The van der Waals surface area contributed by atoms with Crippen LogP contribution < -0.4 is 5.32 Å². The van der Waals surface area contributed by atoms with Crippen molar-refractivity contribution >= 4 is 0 Å². The molecule has 0 atom stereocenters. The lowest BCUT2D eigenvalue weighted by atomic mass is 9.96. The Morgan fingerprint density at radius 2 is 1.73 bits per heavy atom. The minimum absolute atomic E-state index is 0.731. The van der Waals surface area contributed by atoms with Crippen LogP contribution >= 0.6 is 0 Å². The SMILES string of the molecule is CC(C)CNCC1CCN(C(C)C)CC1. The molecule has 1 rings (SSSR count). The highest BCUT2D eigenvalue weighted by atomic mass is 15.1. The average molecular weight is 212 g/mol. The molecule has 0 bridgehead atoms. The quantitative estimate of drug-likeness (QED) is 0.752. The van der Waals surface area contributed by atoms with Crippen LogP contribution in [0.1, 0.15) is 40.5 Å². The first-order valence-electron chi connectivity index (χ1n) is 6.54. The van der Waals surface area contributed by atoms with E-state index in [1.807, 2.05) is 0 Å². The average Bonchev–Trinajstić information content (AvgIpc) is 2.18. The Kier molecular flexibility index (Phi) is 5.62. The van der Waals surface area contributed by atoms with Gasteiger partial charge in [-0.05, 0) is 64.7 Å². The number of likely N-dealkylation sites (tertiary alicyclic amines) is 1. The van der Waals surface area contributed by atoms with Gasteiger partial charge >= 0.3 is 0 Å². The van der Waals surface area contributed by atoms with Crippen molar-refractivity contribution in [2.45, 2.75) is 46.6 Å². The van der Waals surface area contributed by atoms with Crippen LogP contribution in [-0.4, -0.2) is 37.1 Å². The molecule has 0 aromatic carbocycles. The van der Waals surface area contributed by atoms with Crippen LogP contribution in [0.5, 0.6) is 0 Å². The summed E-state index contributed by atoms with van der Waals surface area (Å²) in [5.74, 6) is 1.69. The fourth-order valence-electron chi connectivity index (χ4n) is 2.25. The molecular formula is C13H28N2. The Balaban J connectivity index is 2.09. The molecule has 2 nitrogen and oxygen atoms in total. The summed E-state index contributed by atoms with van der Waals surface area (Å²) in [4.78, 5) is 2.60. The molecule has 0 radical (unpaired) electrons. The van der Waals surface area contributed by atoms with E-state index in [1.165, 1.54) is 39.0 Å². The van der Waals surface area contributed by atoms with E-state index < -0.39 is 0 Å². The van der Waals surface area contributed by atoms with E-state index in [9.17, 15) is 0 Å². The van der Waals surface area contributed by atoms with Crippen LogP contribution in [0, 0.1) is 11.8 Å². The summed E-state index contributed by atoms with van der Waals surface area (Å²) in [5, 5.41) is 3.58. The second kappa shape index (κ2) is 6.49. The molecular weight excluding hydrogens is 184 g/mol. The van der Waals surface area contributed by atoms with Gasteiger partial charge in [-0.2, -0.15) is 0 Å². The number of nitrogens with zero attached hydrogens (tertiary/aromatic N) is 1. The van der Waals surface area contributed by atoms with Gasteiger partial charge < -0.3 is 10.2 Å². The lowest BCUT2D eigenvalue weighted by Crippen LogP contribution is -2.41. The highest BCUT2D eigenvalue weighted by molar-refractivity contribution is 4.75. The second-order valence-corrected chi connectivity index (χ2v) is 5.63. The van der Waals surface area contributed by atoms with E-state index >= 15 is 0 Å². The summed E-state index contributed by atoms with van der Waals surface area (Å²) >= 11 is 0. The van der Waals surface area contributed by atoms with E-state index in [2.05, 4.69) is 37.9 Å². The van der Waals surface area contributed by atoms with Crippen molar-refractivity contribution in [2.75, 3.05) is 26.2 Å². The van der Waals surface area contributed by atoms with Crippen molar-refractivity contribution in [1.29, 1.82) is 0 Å². The van der Waals surface area contributed by atoms with Crippen molar-refractivity contribution in [2.24, 2.45) is 11.8 Å². The monoisotopic (exact) mass is 212 g/mol. The van der Waals surface area contributed by atoms with Crippen LogP contribution in [0.4, 0.5) is 0 Å². The van der Waals surface area contributed by atoms with Gasteiger partial charge in [-0.1, -0.05) is 13.8 Å². The number of hydrogen-bond donors (Lipinski definition) is 1. The first-order chi connectivity index (χ1) is 7.09. The van der Waals surface area contributed by atoms with Gasteiger partial charge in [-0.3, -0.25) is 0 Å². The van der Waals surface area contributed by atoms with Gasteiger partial charge in [0.15, 0.2) is 0 Å². The van der Waals surface area contributed by atoms with Gasteiger partial charge in [-0.15, -0.1) is 0 Å². The molecule has 1 heterocycles. The molecule has 1 aliphatic heterocycles. The zero-order valence-corrected chi connectivity index (χ0v) is 10.9. The molecule has 0 aliphatic carbocycles. The standard InChI is InChI=1S/C13H28N2/c1-11(2)9-14-10-13-5-7-15(8-6-13)12(3)4/h11-14H,5-10H2,1-4H3. The maximum Gasteiger partial charge on any atom is 0.00385 e. The second-order valence-electron chi connectivity index (χ2n) is 5.63. The molecule has 0 amide bonds. The summed E-state index contributed by atoms with van der Waals surface area (Å²) < 4.78 is 0. The summed E-state index contributed by atoms with van der Waals surface area (Å²) in [6.07, 6.45) is 2.76. The maximum atomic E-state index is 3.58. The van der Waals surface area contributed by atoms with Crippen LogP contribution in [0.25, 0.3) is 0 Å². The van der Waals surface area contributed by atoms with Crippen molar-refractivity contribution < 1.29 is 0 Å². The molecule has 1 aliphatic rings. The largest absolute Gasteiger partial charge is 0.316 e. The first-order valence-corrected chi connectivity index (χ1v) is 6.54. The molecule has 90 valence electrons. The van der Waals surface area contributed by atoms with E-state index in [-0.39, 0.29) is 0 Å². The normalized spacial score (nSPS) is 20.4. The van der Waals surface area contributed by atoms with Crippen LogP contribution in [0.3, 0.4) is 0 Å². The van der Waals surface area contributed by atoms with E-state index in [0.29, 0.717) is 0 Å². The fourth-order valence-corrected chi connectivity index (χ4v) is 2.25. The van der Waals surface area contributed by atoms with E-state index in [1.54, 1.807) is 0 Å². The Labute approximate surface area is 95.4 Å². The third kappa shape index (κ3) is 4.98. The zero-order chi connectivity index (χ0) is 11.3. The van der Waals surface area contributed by atoms with Gasteiger partial charge in [0, 0.05) is 6.04 Å². The molecule has 0 aromatic rings. The molecule has 2 heteroatoms. The van der Waals surface area contributed by atoms with Gasteiger partial charge in [0.25, 0.3) is 0 Å². The predicted molar refractivity (Wildman–Crippen MR) is 67.1 cm³/mol. The lowest BCUT2D eigenvalue weighted by Gasteiger charge is -2.34. The van der Waals surface area contributed by atoms with Crippen molar-refractivity contribution in [1.82, 2.24) is 10.2 Å². The van der Waals surface area contributed by atoms with Crippen LogP contribution in [0.15, 0.2) is 0 Å². The van der Waals surface area contributed by atoms with Crippen molar-refractivity contribution in [3.8, 4) is 0 Å². The molecule has 15 heavy (non-hydrogen) atoms. The molecule has 0 saturated carbocycles. The number of piperidine rings is 1. The molecule has 0 spiro atoms. The Bertz CT molecular complexity index is 155. The highest BCUT2D eigenvalue weighted by Crippen LogP contribution is 2.17. The maximum absolute atomic E-state index is 3.58. The van der Waals surface area contributed by atoms with Gasteiger partial charge in [-0.25, -0.2) is 0 Å². The Morgan fingerprint density at radius 1 is 1.13 bits per heavy atom. The molecule has 1 saturated heterocycles. The molecule has 0 unspecified atom stereocenters. The molecule has 0 aromatic heterocycles. The summed E-state index contributed by atoms with van der Waals surface area (Å²) in [6, 6.07) is 0.731. The van der Waals surface area contributed by atoms with E-state index in [4.69, 9.17) is 0 Å². The summed E-state index contributed by atoms with van der Waals surface area (Å²) in [5.41, 5.74) is 0. The molecule has 1 N–H and O–H groups in total. The van der Waals surface area contributed by atoms with Gasteiger partial charge in [0.1, 0.15) is 0 Å². The Morgan fingerprint density at radius 3 is 2.20 bits per heavy atom. The van der Waals surface area contributed by atoms with Gasteiger partial charge in [0.05, 0.1) is 0 Å². The Hall–Kier alpha value is -0.0800. The number of nitrogens with one attached hydrogen (secondary N) is 1. The van der Waals surface area contributed by atoms with Crippen molar-refractivity contribution in [3.05, 3.63) is 0 Å². The third-order valence-corrected chi connectivity index (χ3v) is 3.37. The third-order valence-electron chi connectivity index (χ3n) is 3.37. The number of rotatable bonds is 5. The minimum Gasteiger partial charge on any atom is -0.316 e. The zero-order valence-electron chi connectivity index (χ0n) is 10.9.